The summed E-state index contributed by atoms with van der Waals surface area (Å²) < 4.78 is 0. The first kappa shape index (κ1) is 63.3. The highest BCUT2D eigenvalue weighted by atomic mass is 16.4. The third kappa shape index (κ3) is 22.0. The van der Waals surface area contributed by atoms with Crippen LogP contribution in [-0.4, -0.2) is 168 Å². The van der Waals surface area contributed by atoms with Crippen LogP contribution in [0.3, 0.4) is 0 Å². The number of H-pyrrole nitrogens is 1. The number of aliphatic hydroxyl groups excluding tert-OH is 2. The second-order valence-corrected chi connectivity index (χ2v) is 18.8. The van der Waals surface area contributed by atoms with E-state index in [1.54, 1.807) is 56.3 Å². The summed E-state index contributed by atoms with van der Waals surface area (Å²) in [5.74, 6) is -11.0. The Balaban J connectivity index is 1.84. The van der Waals surface area contributed by atoms with Crippen molar-refractivity contribution in [2.45, 2.75) is 140 Å². The zero-order valence-corrected chi connectivity index (χ0v) is 43.2. The van der Waals surface area contributed by atoms with Crippen LogP contribution in [0.2, 0.25) is 0 Å². The van der Waals surface area contributed by atoms with E-state index in [-0.39, 0.29) is 56.7 Å². The molecule has 3 aromatic rings. The Morgan fingerprint density at radius 3 is 1.69 bits per heavy atom. The molecule has 0 saturated heterocycles. The fraction of sp³-hybridized carbons (Fsp3) is 0.500. The van der Waals surface area contributed by atoms with Crippen molar-refractivity contribution in [2.24, 2.45) is 17.4 Å². The number of hydrogen-bond acceptors (Lipinski definition) is 16. The molecule has 8 amide bonds. The number of hydrogen-bond donors (Lipinski definition) is 16. The van der Waals surface area contributed by atoms with Crippen molar-refractivity contribution in [3.63, 3.8) is 0 Å². The Hall–Kier alpha value is -8.01. The Morgan fingerprint density at radius 2 is 1.13 bits per heavy atom. The van der Waals surface area contributed by atoms with Gasteiger partial charge in [-0.05, 0) is 81.7 Å². The topological polar surface area (TPSA) is 449 Å². The predicted molar refractivity (Wildman–Crippen MR) is 274 cm³/mol. The number of amides is 8. The van der Waals surface area contributed by atoms with Crippen molar-refractivity contribution in [2.75, 3.05) is 13.2 Å². The number of carboxylic acids is 2. The zero-order chi connectivity index (χ0) is 57.4. The molecule has 0 bridgehead atoms. The van der Waals surface area contributed by atoms with Crippen molar-refractivity contribution in [3.8, 4) is 5.75 Å². The van der Waals surface area contributed by atoms with Crippen LogP contribution < -0.4 is 54.0 Å². The Kier molecular flexibility index (Phi) is 26.1. The molecule has 422 valence electrons. The standard InChI is InChI=1S/C50H72N12O15/c1-26(2)18-35(59-49(75)41(28(4)64)62-44(70)34(12-8-9-17-51)56-48(74)39(24-63)61-43(69)33(52)19-30-13-15-32(65)16-14-30)46(72)58-37(21-31-23-53-25-54-31)47(73)57-36(20-29-10-6-5-7-11-29)45(71)55-27(3)42(68)60-38(50(76)77)22-40(66)67/h5-7,10-11,13-16,23,25-28,33-39,41,63-65H,8-9,12,17-22,24,51-52H2,1-4H3,(H,53,54)(H,55,71)(H,56,74)(H,57,73)(H,58,72)(H,59,75)(H,60,68)(H,61,69)(H,62,70)(H,66,67)(H,76,77)/t27-,28+,33-,34-,35-,36-,37-,38-,39-,41-/m0/s1. The van der Waals surface area contributed by atoms with E-state index < -0.39 is 133 Å². The van der Waals surface area contributed by atoms with Gasteiger partial charge < -0.3 is 84.5 Å². The minimum atomic E-state index is -1.82. The monoisotopic (exact) mass is 1080 g/mol. The number of aromatic hydroxyl groups is 1. The SMILES string of the molecule is CC(C)C[C@H](NC(=O)[C@@H](NC(=O)[C@H](CCCCN)NC(=O)[C@H](CO)NC(=O)[C@@H](N)Cc1ccc(O)cc1)[C@@H](C)O)C(=O)N[C@@H](Cc1cnc[nH]1)C(=O)N[C@@H](Cc1ccccc1)C(=O)N[C@@H](C)C(=O)N[C@@H](CC(=O)O)C(=O)O. The van der Waals surface area contributed by atoms with Gasteiger partial charge in [0.25, 0.3) is 0 Å². The van der Waals surface area contributed by atoms with Gasteiger partial charge in [0, 0.05) is 24.7 Å². The highest BCUT2D eigenvalue weighted by Gasteiger charge is 2.36. The summed E-state index contributed by atoms with van der Waals surface area (Å²) in [5.41, 5.74) is 13.2. The number of benzene rings is 2. The van der Waals surface area contributed by atoms with E-state index in [4.69, 9.17) is 16.6 Å². The average Bonchev–Trinajstić information content (AvgIpc) is 3.89. The lowest BCUT2D eigenvalue weighted by Crippen LogP contribution is -2.62. The summed E-state index contributed by atoms with van der Waals surface area (Å²) in [5, 5.41) is 68.5. The number of aromatic nitrogens is 2. The third-order valence-electron chi connectivity index (χ3n) is 11.8. The van der Waals surface area contributed by atoms with Gasteiger partial charge in [-0.15, -0.1) is 0 Å². The second-order valence-electron chi connectivity index (χ2n) is 18.8. The number of carboxylic acid groups (broad SMARTS) is 2. The molecule has 0 aliphatic rings. The maximum Gasteiger partial charge on any atom is 0.326 e. The molecule has 0 saturated carbocycles. The molecule has 27 heteroatoms. The van der Waals surface area contributed by atoms with E-state index >= 15 is 0 Å². The number of nitrogens with two attached hydrogens (primary N) is 2. The molecule has 0 fully saturated rings. The Bertz CT molecular complexity index is 2440. The van der Waals surface area contributed by atoms with Gasteiger partial charge in [0.15, 0.2) is 0 Å². The van der Waals surface area contributed by atoms with Crippen LogP contribution in [-0.2, 0) is 67.2 Å². The number of unbranched alkanes of at least 4 members (excludes halogenated alkanes) is 1. The van der Waals surface area contributed by atoms with Crippen LogP contribution in [0.5, 0.6) is 5.75 Å². The first-order chi connectivity index (χ1) is 36.4. The summed E-state index contributed by atoms with van der Waals surface area (Å²) in [7, 11) is 0. The van der Waals surface area contributed by atoms with Gasteiger partial charge in [-0.1, -0.05) is 56.3 Å². The molecule has 1 heterocycles. The minimum Gasteiger partial charge on any atom is -0.508 e. The Morgan fingerprint density at radius 1 is 0.597 bits per heavy atom. The van der Waals surface area contributed by atoms with Crippen LogP contribution >= 0.6 is 0 Å². The molecular formula is C50H72N12O15. The zero-order valence-electron chi connectivity index (χ0n) is 43.2. The molecular weight excluding hydrogens is 1010 g/mol. The van der Waals surface area contributed by atoms with Gasteiger partial charge in [-0.3, -0.25) is 43.2 Å². The highest BCUT2D eigenvalue weighted by molar-refractivity contribution is 5.98. The number of aromatic amines is 1. The van der Waals surface area contributed by atoms with Gasteiger partial charge in [0.1, 0.15) is 54.1 Å². The molecule has 10 atom stereocenters. The van der Waals surface area contributed by atoms with Crippen LogP contribution in [0.4, 0.5) is 0 Å². The summed E-state index contributed by atoms with van der Waals surface area (Å²) in [6, 6.07) is 0.780. The summed E-state index contributed by atoms with van der Waals surface area (Å²) in [6.45, 7) is 5.19. The number of carbonyl (C=O) groups is 10. The number of carbonyl (C=O) groups excluding carboxylic acids is 8. The lowest BCUT2D eigenvalue weighted by atomic mass is 10.0. The first-order valence-electron chi connectivity index (χ1n) is 24.8. The number of aliphatic hydroxyl groups is 2. The molecule has 0 aliphatic carbocycles. The Labute approximate surface area is 443 Å². The number of phenols is 1. The van der Waals surface area contributed by atoms with Gasteiger partial charge in [-0.25, -0.2) is 9.78 Å². The number of aliphatic carboxylic acids is 2. The molecule has 2 aromatic carbocycles. The predicted octanol–water partition coefficient (Wildman–Crippen LogP) is -3.52. The number of imidazole rings is 1. The maximum atomic E-state index is 14.3. The molecule has 0 spiro atoms. The quantitative estimate of drug-likeness (QED) is 0.0263. The molecule has 0 unspecified atom stereocenters. The molecule has 77 heavy (non-hydrogen) atoms. The van der Waals surface area contributed by atoms with Crippen LogP contribution in [0.1, 0.15) is 76.6 Å². The number of nitrogens with zero attached hydrogens (tertiary/aromatic N) is 1. The second kappa shape index (κ2) is 31.8. The van der Waals surface area contributed by atoms with E-state index in [2.05, 4.69) is 52.5 Å². The number of nitrogens with one attached hydrogen (secondary N) is 9. The van der Waals surface area contributed by atoms with Crippen molar-refractivity contribution >= 4 is 59.2 Å². The fourth-order valence-corrected chi connectivity index (χ4v) is 7.59. The molecule has 27 nitrogen and oxygen atoms in total. The van der Waals surface area contributed by atoms with Gasteiger partial charge >= 0.3 is 11.9 Å². The van der Waals surface area contributed by atoms with E-state index in [0.717, 1.165) is 0 Å². The first-order valence-corrected chi connectivity index (χ1v) is 24.8. The van der Waals surface area contributed by atoms with E-state index in [9.17, 15) is 68.4 Å². The molecule has 0 aliphatic heterocycles. The largest absolute Gasteiger partial charge is 0.508 e. The van der Waals surface area contributed by atoms with Gasteiger partial charge in [-0.2, -0.15) is 0 Å². The normalized spacial score (nSPS) is 15.0. The van der Waals surface area contributed by atoms with E-state index in [1.807, 2.05) is 0 Å². The average molecular weight is 1080 g/mol. The molecule has 0 radical (unpaired) electrons. The van der Waals surface area contributed by atoms with Crippen molar-refractivity contribution in [3.05, 3.63) is 83.9 Å². The number of phenolic OH excluding ortho intramolecular Hbond substituents is 1. The summed E-state index contributed by atoms with van der Waals surface area (Å²) in [6.07, 6.45) is 0.366. The van der Waals surface area contributed by atoms with E-state index in [0.29, 0.717) is 23.2 Å². The fourth-order valence-electron chi connectivity index (χ4n) is 7.59. The van der Waals surface area contributed by atoms with Crippen LogP contribution in [0.25, 0.3) is 0 Å². The van der Waals surface area contributed by atoms with Crippen LogP contribution in [0.15, 0.2) is 67.1 Å². The van der Waals surface area contributed by atoms with Crippen molar-refractivity contribution < 1.29 is 73.5 Å². The van der Waals surface area contributed by atoms with Crippen molar-refractivity contribution in [1.29, 1.82) is 0 Å². The molecule has 1 aromatic heterocycles. The van der Waals surface area contributed by atoms with Gasteiger partial charge in [0.05, 0.1) is 31.5 Å². The maximum absolute atomic E-state index is 14.3. The number of rotatable bonds is 33. The highest BCUT2D eigenvalue weighted by Crippen LogP contribution is 2.13. The smallest absolute Gasteiger partial charge is 0.326 e. The lowest BCUT2D eigenvalue weighted by Gasteiger charge is -2.29. The molecule has 3 rings (SSSR count). The summed E-state index contributed by atoms with van der Waals surface area (Å²) >= 11 is 0. The van der Waals surface area contributed by atoms with Crippen molar-refractivity contribution in [1.82, 2.24) is 52.5 Å². The third-order valence-corrected chi connectivity index (χ3v) is 11.8. The summed E-state index contributed by atoms with van der Waals surface area (Å²) in [4.78, 5) is 139. The van der Waals surface area contributed by atoms with Crippen LogP contribution in [0, 0.1) is 5.92 Å². The van der Waals surface area contributed by atoms with Gasteiger partial charge in [0.2, 0.25) is 47.3 Å². The minimum absolute atomic E-state index is 0.000510. The molecule has 18 N–H and O–H groups in total. The van der Waals surface area contributed by atoms with E-state index in [1.165, 1.54) is 38.5 Å². The lowest BCUT2D eigenvalue weighted by molar-refractivity contribution is -0.147.